The van der Waals surface area contributed by atoms with Gasteiger partial charge in [-0.25, -0.2) is 4.79 Å². The van der Waals surface area contributed by atoms with Gasteiger partial charge in [-0.05, 0) is 31.1 Å². The summed E-state index contributed by atoms with van der Waals surface area (Å²) in [5.41, 5.74) is 0. The Hall–Kier alpha value is -1.26. The lowest BCUT2D eigenvalue weighted by atomic mass is 9.94. The summed E-state index contributed by atoms with van der Waals surface area (Å²) in [6.07, 6.45) is 7.91. The summed E-state index contributed by atoms with van der Waals surface area (Å²) < 4.78 is 0. The van der Waals surface area contributed by atoms with Crippen molar-refractivity contribution < 1.29 is 14.7 Å². The molecule has 5 heteroatoms. The van der Waals surface area contributed by atoms with Gasteiger partial charge in [0.05, 0.1) is 0 Å². The van der Waals surface area contributed by atoms with Crippen molar-refractivity contribution in [3.63, 3.8) is 0 Å². The molecule has 1 atom stereocenters. The Morgan fingerprint density at radius 3 is 2.29 bits per heavy atom. The molecule has 1 aliphatic rings. The molecule has 5 nitrogen and oxygen atoms in total. The van der Waals surface area contributed by atoms with Crippen LogP contribution in [0.3, 0.4) is 0 Å². The summed E-state index contributed by atoms with van der Waals surface area (Å²) in [4.78, 5) is 22.8. The molecule has 1 aliphatic carbocycles. The zero-order chi connectivity index (χ0) is 15.7. The number of hydrogen-bond acceptors (Lipinski definition) is 2. The van der Waals surface area contributed by atoms with Gasteiger partial charge in [-0.1, -0.05) is 39.5 Å². The highest BCUT2D eigenvalue weighted by Crippen LogP contribution is 2.17. The minimum atomic E-state index is -0.799. The Kier molecular flexibility index (Phi) is 8.16. The quantitative estimate of drug-likeness (QED) is 0.632. The maximum atomic E-state index is 11.9. The van der Waals surface area contributed by atoms with Gasteiger partial charge in [0, 0.05) is 19.0 Å². The highest BCUT2D eigenvalue weighted by atomic mass is 16.4. The molecule has 21 heavy (non-hydrogen) atoms. The van der Waals surface area contributed by atoms with Crippen LogP contribution < -0.4 is 10.6 Å². The predicted molar refractivity (Wildman–Crippen MR) is 83.2 cm³/mol. The second-order valence-corrected chi connectivity index (χ2v) is 6.64. The van der Waals surface area contributed by atoms with Crippen molar-refractivity contribution in [2.75, 3.05) is 6.54 Å². The lowest BCUT2D eigenvalue weighted by molar-refractivity contribution is -0.138. The van der Waals surface area contributed by atoms with E-state index in [1.54, 1.807) is 0 Å². The van der Waals surface area contributed by atoms with Gasteiger partial charge in [-0.2, -0.15) is 0 Å². The van der Waals surface area contributed by atoms with E-state index in [0.717, 1.165) is 19.3 Å². The van der Waals surface area contributed by atoms with E-state index < -0.39 is 5.97 Å². The summed E-state index contributed by atoms with van der Waals surface area (Å²) in [6.45, 7) is 4.57. The third-order valence-electron chi connectivity index (χ3n) is 4.01. The van der Waals surface area contributed by atoms with Crippen molar-refractivity contribution in [3.8, 4) is 0 Å². The van der Waals surface area contributed by atoms with Gasteiger partial charge in [-0.3, -0.25) is 4.79 Å². The number of nitrogens with one attached hydrogen (secondary N) is 2. The number of rotatable bonds is 7. The molecule has 0 spiro atoms. The average molecular weight is 298 g/mol. The predicted octanol–water partition coefficient (Wildman–Crippen LogP) is 3.15. The number of carbonyl (C=O) groups is 2. The molecule has 3 N–H and O–H groups in total. The molecule has 0 aromatic heterocycles. The monoisotopic (exact) mass is 298 g/mol. The Bertz CT molecular complexity index is 323. The van der Waals surface area contributed by atoms with E-state index in [4.69, 9.17) is 5.11 Å². The molecule has 0 aliphatic heterocycles. The van der Waals surface area contributed by atoms with Crippen LogP contribution in [0.5, 0.6) is 0 Å². The van der Waals surface area contributed by atoms with E-state index in [2.05, 4.69) is 24.5 Å². The van der Waals surface area contributed by atoms with Crippen molar-refractivity contribution in [1.82, 2.24) is 10.6 Å². The molecule has 0 radical (unpaired) electrons. The second-order valence-electron chi connectivity index (χ2n) is 6.64. The van der Waals surface area contributed by atoms with Crippen LogP contribution in [0.2, 0.25) is 0 Å². The molecule has 0 aromatic rings. The minimum absolute atomic E-state index is 0.00221. The van der Waals surface area contributed by atoms with E-state index in [1.165, 1.54) is 25.7 Å². The Labute approximate surface area is 127 Å². The summed E-state index contributed by atoms with van der Waals surface area (Å²) in [7, 11) is 0. The zero-order valence-corrected chi connectivity index (χ0v) is 13.4. The Morgan fingerprint density at radius 1 is 1.14 bits per heavy atom. The maximum Gasteiger partial charge on any atom is 0.315 e. The third kappa shape index (κ3) is 8.58. The normalized spacial score (nSPS) is 18.0. The van der Waals surface area contributed by atoms with Crippen LogP contribution in [0, 0.1) is 11.8 Å². The van der Waals surface area contributed by atoms with E-state index in [-0.39, 0.29) is 24.4 Å². The molecular formula is C16H30N2O3. The summed E-state index contributed by atoms with van der Waals surface area (Å²) >= 11 is 0. The topological polar surface area (TPSA) is 78.4 Å². The van der Waals surface area contributed by atoms with Gasteiger partial charge in [0.1, 0.15) is 0 Å². The Morgan fingerprint density at radius 2 is 1.76 bits per heavy atom. The lowest BCUT2D eigenvalue weighted by Crippen LogP contribution is -2.43. The molecule has 0 saturated heterocycles. The van der Waals surface area contributed by atoms with Crippen molar-refractivity contribution in [2.24, 2.45) is 11.8 Å². The standard InChI is InChI=1S/C16H30N2O3/c1-12(2)9-13(10-15(19)20)11-17-16(21)18-14-7-5-3-4-6-8-14/h12-14H,3-11H2,1-2H3,(H,19,20)(H2,17,18,21)/t13-/m0/s1. The molecule has 1 rings (SSSR count). The molecule has 0 aromatic carbocycles. The Balaban J connectivity index is 2.32. The second kappa shape index (κ2) is 9.64. The van der Waals surface area contributed by atoms with E-state index in [9.17, 15) is 9.59 Å². The van der Waals surface area contributed by atoms with Crippen LogP contribution in [-0.2, 0) is 4.79 Å². The van der Waals surface area contributed by atoms with E-state index in [0.29, 0.717) is 12.5 Å². The number of carbonyl (C=O) groups excluding carboxylic acids is 1. The van der Waals surface area contributed by atoms with Gasteiger partial charge >= 0.3 is 12.0 Å². The van der Waals surface area contributed by atoms with Crippen LogP contribution in [0.1, 0.15) is 65.2 Å². The van der Waals surface area contributed by atoms with Gasteiger partial charge in [0.25, 0.3) is 0 Å². The van der Waals surface area contributed by atoms with Crippen molar-refractivity contribution in [1.29, 1.82) is 0 Å². The number of hydrogen-bond donors (Lipinski definition) is 3. The van der Waals surface area contributed by atoms with Crippen molar-refractivity contribution >= 4 is 12.0 Å². The first-order chi connectivity index (χ1) is 9.97. The summed E-state index contributed by atoms with van der Waals surface area (Å²) in [6, 6.07) is 0.122. The van der Waals surface area contributed by atoms with E-state index in [1.807, 2.05) is 0 Å². The van der Waals surface area contributed by atoms with Crippen LogP contribution in [-0.4, -0.2) is 29.7 Å². The average Bonchev–Trinajstić information content (AvgIpc) is 2.63. The first kappa shape index (κ1) is 17.8. The first-order valence-electron chi connectivity index (χ1n) is 8.23. The molecule has 1 fully saturated rings. The number of carboxylic acids is 1. The zero-order valence-electron chi connectivity index (χ0n) is 13.4. The smallest absolute Gasteiger partial charge is 0.315 e. The molecule has 1 saturated carbocycles. The number of aliphatic carboxylic acids is 1. The molecule has 2 amide bonds. The number of carboxylic acid groups (broad SMARTS) is 1. The molecule has 0 heterocycles. The first-order valence-corrected chi connectivity index (χ1v) is 8.23. The van der Waals surface area contributed by atoms with Crippen LogP contribution >= 0.6 is 0 Å². The molecule has 122 valence electrons. The highest BCUT2D eigenvalue weighted by molar-refractivity contribution is 5.74. The fourth-order valence-corrected chi connectivity index (χ4v) is 3.05. The van der Waals surface area contributed by atoms with Crippen LogP contribution in [0.15, 0.2) is 0 Å². The minimum Gasteiger partial charge on any atom is -0.481 e. The molecule has 0 unspecified atom stereocenters. The largest absolute Gasteiger partial charge is 0.481 e. The number of amides is 2. The van der Waals surface area contributed by atoms with Crippen LogP contribution in [0.25, 0.3) is 0 Å². The fraction of sp³-hybridized carbons (Fsp3) is 0.875. The van der Waals surface area contributed by atoms with Gasteiger partial charge < -0.3 is 15.7 Å². The van der Waals surface area contributed by atoms with Gasteiger partial charge in [0.15, 0.2) is 0 Å². The molecule has 0 bridgehead atoms. The fourth-order valence-electron chi connectivity index (χ4n) is 3.05. The van der Waals surface area contributed by atoms with Crippen LogP contribution in [0.4, 0.5) is 4.79 Å². The van der Waals surface area contributed by atoms with Crippen molar-refractivity contribution in [3.05, 3.63) is 0 Å². The molecular weight excluding hydrogens is 268 g/mol. The maximum absolute atomic E-state index is 11.9. The van der Waals surface area contributed by atoms with Gasteiger partial charge in [-0.15, -0.1) is 0 Å². The summed E-state index contributed by atoms with van der Waals surface area (Å²) in [5.74, 6) is -0.366. The van der Waals surface area contributed by atoms with Crippen molar-refractivity contribution in [2.45, 2.75) is 71.3 Å². The van der Waals surface area contributed by atoms with E-state index >= 15 is 0 Å². The highest BCUT2D eigenvalue weighted by Gasteiger charge is 2.18. The summed E-state index contributed by atoms with van der Waals surface area (Å²) in [5, 5.41) is 14.8. The SMILES string of the molecule is CC(C)C[C@H](CNC(=O)NC1CCCCCC1)CC(=O)O. The number of urea groups is 1. The third-order valence-corrected chi connectivity index (χ3v) is 4.01. The lowest BCUT2D eigenvalue weighted by Gasteiger charge is -2.20. The van der Waals surface area contributed by atoms with Gasteiger partial charge in [0.2, 0.25) is 0 Å².